The van der Waals surface area contributed by atoms with Crippen LogP contribution in [0.3, 0.4) is 0 Å². The molecule has 0 aliphatic heterocycles. The van der Waals surface area contributed by atoms with Crippen LogP contribution in [0.25, 0.3) is 0 Å². The Labute approximate surface area is 98.0 Å². The molecule has 2 N–H and O–H groups in total. The van der Waals surface area contributed by atoms with E-state index in [1.165, 1.54) is 43.2 Å². The van der Waals surface area contributed by atoms with E-state index in [0.29, 0.717) is 0 Å². The molecular weight excluding hydrogens is 194 g/mol. The zero-order valence-corrected chi connectivity index (χ0v) is 10.3. The summed E-state index contributed by atoms with van der Waals surface area (Å²) >= 11 is 0. The average Bonchev–Trinajstić information content (AvgIpc) is 2.83. The number of nitrogen functional groups attached to an aromatic ring is 1. The normalized spacial score (nSPS) is 22.6. The van der Waals surface area contributed by atoms with Crippen LogP contribution in [0, 0.1) is 11.8 Å². The van der Waals surface area contributed by atoms with Gasteiger partial charge in [-0.2, -0.15) is 0 Å². The zero-order chi connectivity index (χ0) is 11.3. The fraction of sp³-hybridized carbons (Fsp3) is 0.600. The van der Waals surface area contributed by atoms with Gasteiger partial charge in [0.2, 0.25) is 0 Å². The highest BCUT2D eigenvalue weighted by Crippen LogP contribution is 2.40. The van der Waals surface area contributed by atoms with Crippen molar-refractivity contribution in [1.29, 1.82) is 0 Å². The molecule has 0 saturated heterocycles. The molecule has 0 spiro atoms. The van der Waals surface area contributed by atoms with Crippen molar-refractivity contribution in [1.82, 2.24) is 0 Å². The molecule has 0 aromatic heterocycles. The molecule has 0 heterocycles. The maximum atomic E-state index is 6.35. The van der Waals surface area contributed by atoms with Crippen LogP contribution in [-0.2, 0) is 25.7 Å². The Bertz CT molecular complexity index is 432. The maximum absolute atomic E-state index is 6.35. The number of hydrogen-bond donors (Lipinski definition) is 1. The Morgan fingerprint density at radius 3 is 2.69 bits per heavy atom. The largest absolute Gasteiger partial charge is 0.398 e. The first-order valence-electron chi connectivity index (χ1n) is 6.58. The summed E-state index contributed by atoms with van der Waals surface area (Å²) in [6.07, 6.45) is 6.23. The highest BCUT2D eigenvalue weighted by molar-refractivity contribution is 5.63. The highest BCUT2D eigenvalue weighted by atomic mass is 14.6. The molecular formula is C15H21N. The van der Waals surface area contributed by atoms with Crippen molar-refractivity contribution < 1.29 is 0 Å². The topological polar surface area (TPSA) is 26.0 Å². The van der Waals surface area contributed by atoms with E-state index in [2.05, 4.69) is 19.9 Å². The number of nitrogens with two attached hydrogens (primary N) is 1. The quantitative estimate of drug-likeness (QED) is 0.716. The number of benzene rings is 1. The van der Waals surface area contributed by atoms with E-state index in [0.717, 1.165) is 17.5 Å². The number of hydrogen-bond acceptors (Lipinski definition) is 1. The molecule has 0 bridgehead atoms. The van der Waals surface area contributed by atoms with E-state index >= 15 is 0 Å². The molecule has 1 nitrogen and oxygen atoms in total. The molecule has 16 heavy (non-hydrogen) atoms. The first kappa shape index (κ1) is 10.2. The highest BCUT2D eigenvalue weighted by Gasteiger charge is 2.28. The lowest BCUT2D eigenvalue weighted by Gasteiger charge is -2.12. The fourth-order valence-corrected chi connectivity index (χ4v) is 3.40. The SMILES string of the molecule is CC(C)C1Cc2cc3c(c(N)c2C1)CCC3. The third-order valence-electron chi connectivity index (χ3n) is 4.54. The molecule has 0 fully saturated rings. The van der Waals surface area contributed by atoms with E-state index in [-0.39, 0.29) is 0 Å². The predicted octanol–water partition coefficient (Wildman–Crippen LogP) is 3.13. The van der Waals surface area contributed by atoms with Gasteiger partial charge in [0.25, 0.3) is 0 Å². The van der Waals surface area contributed by atoms with Crippen molar-refractivity contribution in [2.45, 2.75) is 46.0 Å². The molecule has 0 radical (unpaired) electrons. The van der Waals surface area contributed by atoms with Gasteiger partial charge in [-0.1, -0.05) is 19.9 Å². The van der Waals surface area contributed by atoms with Crippen LogP contribution >= 0.6 is 0 Å². The van der Waals surface area contributed by atoms with Gasteiger partial charge in [0, 0.05) is 5.69 Å². The minimum absolute atomic E-state index is 0.779. The van der Waals surface area contributed by atoms with Crippen LogP contribution < -0.4 is 5.73 Å². The molecule has 3 rings (SSSR count). The number of fused-ring (bicyclic) bond motifs is 2. The average molecular weight is 215 g/mol. The maximum Gasteiger partial charge on any atom is 0.0384 e. The summed E-state index contributed by atoms with van der Waals surface area (Å²) < 4.78 is 0. The summed E-state index contributed by atoms with van der Waals surface area (Å²) in [4.78, 5) is 0. The van der Waals surface area contributed by atoms with Gasteiger partial charge in [0.1, 0.15) is 0 Å². The van der Waals surface area contributed by atoms with Crippen molar-refractivity contribution in [3.63, 3.8) is 0 Å². The molecule has 1 heteroatoms. The standard InChI is InChI=1S/C15H21N/c1-9(2)11-7-12-6-10-4-3-5-13(10)15(16)14(12)8-11/h6,9,11H,3-5,7-8,16H2,1-2H3. The summed E-state index contributed by atoms with van der Waals surface area (Å²) in [7, 11) is 0. The van der Waals surface area contributed by atoms with Crippen LogP contribution in [0.5, 0.6) is 0 Å². The lowest BCUT2D eigenvalue weighted by molar-refractivity contribution is 0.404. The Morgan fingerprint density at radius 2 is 1.94 bits per heavy atom. The third-order valence-corrected chi connectivity index (χ3v) is 4.54. The van der Waals surface area contributed by atoms with Gasteiger partial charge in [-0.3, -0.25) is 0 Å². The molecule has 1 atom stereocenters. The van der Waals surface area contributed by atoms with Crippen molar-refractivity contribution in [2.75, 3.05) is 5.73 Å². The van der Waals surface area contributed by atoms with Gasteiger partial charge >= 0.3 is 0 Å². The summed E-state index contributed by atoms with van der Waals surface area (Å²) in [6, 6.07) is 2.45. The monoisotopic (exact) mass is 215 g/mol. The minimum Gasteiger partial charge on any atom is -0.398 e. The van der Waals surface area contributed by atoms with Gasteiger partial charge in [0.05, 0.1) is 0 Å². The minimum atomic E-state index is 0.779. The van der Waals surface area contributed by atoms with E-state index in [4.69, 9.17) is 5.73 Å². The Morgan fingerprint density at radius 1 is 1.12 bits per heavy atom. The summed E-state index contributed by atoms with van der Waals surface area (Å²) in [5.74, 6) is 1.60. The number of anilines is 1. The second-order valence-electron chi connectivity index (χ2n) is 5.83. The van der Waals surface area contributed by atoms with Crippen LogP contribution in [0.2, 0.25) is 0 Å². The Kier molecular flexibility index (Phi) is 2.24. The lowest BCUT2D eigenvalue weighted by Crippen LogP contribution is -2.08. The summed E-state index contributed by atoms with van der Waals surface area (Å²) in [5.41, 5.74) is 13.6. The van der Waals surface area contributed by atoms with Crippen LogP contribution in [0.4, 0.5) is 5.69 Å². The van der Waals surface area contributed by atoms with Crippen LogP contribution in [0.1, 0.15) is 42.5 Å². The van der Waals surface area contributed by atoms with Crippen LogP contribution in [-0.4, -0.2) is 0 Å². The Hall–Kier alpha value is -0.980. The second kappa shape index (κ2) is 3.51. The van der Waals surface area contributed by atoms with Gasteiger partial charge in [0.15, 0.2) is 0 Å². The molecule has 0 amide bonds. The van der Waals surface area contributed by atoms with Crippen molar-refractivity contribution in [3.8, 4) is 0 Å². The van der Waals surface area contributed by atoms with E-state index in [1.54, 1.807) is 11.1 Å². The predicted molar refractivity (Wildman–Crippen MR) is 68.6 cm³/mol. The van der Waals surface area contributed by atoms with E-state index in [1.807, 2.05) is 0 Å². The molecule has 1 aromatic rings. The molecule has 0 saturated carbocycles. The molecule has 86 valence electrons. The van der Waals surface area contributed by atoms with Gasteiger partial charge in [-0.15, -0.1) is 0 Å². The van der Waals surface area contributed by atoms with Gasteiger partial charge in [-0.25, -0.2) is 0 Å². The first-order valence-corrected chi connectivity index (χ1v) is 6.58. The zero-order valence-electron chi connectivity index (χ0n) is 10.3. The Balaban J connectivity index is 2.04. The van der Waals surface area contributed by atoms with Crippen LogP contribution in [0.15, 0.2) is 6.07 Å². The molecule has 1 unspecified atom stereocenters. The van der Waals surface area contributed by atoms with Gasteiger partial charge in [-0.05, 0) is 66.2 Å². The fourth-order valence-electron chi connectivity index (χ4n) is 3.40. The summed E-state index contributed by atoms with van der Waals surface area (Å²) in [5, 5.41) is 0. The van der Waals surface area contributed by atoms with Crippen molar-refractivity contribution in [3.05, 3.63) is 28.3 Å². The smallest absolute Gasteiger partial charge is 0.0384 e. The lowest BCUT2D eigenvalue weighted by atomic mass is 9.93. The number of rotatable bonds is 1. The van der Waals surface area contributed by atoms with Gasteiger partial charge < -0.3 is 5.73 Å². The van der Waals surface area contributed by atoms with Crippen molar-refractivity contribution >= 4 is 5.69 Å². The van der Waals surface area contributed by atoms with E-state index < -0.39 is 0 Å². The van der Waals surface area contributed by atoms with E-state index in [9.17, 15) is 0 Å². The third kappa shape index (κ3) is 1.37. The molecule has 2 aliphatic rings. The molecule has 1 aromatic carbocycles. The number of aryl methyl sites for hydroxylation is 1. The second-order valence-corrected chi connectivity index (χ2v) is 5.83. The first-order chi connectivity index (χ1) is 7.66. The van der Waals surface area contributed by atoms with Crippen molar-refractivity contribution in [2.24, 2.45) is 11.8 Å². The summed E-state index contributed by atoms with van der Waals surface area (Å²) in [6.45, 7) is 4.67. The molecule has 2 aliphatic carbocycles.